The van der Waals surface area contributed by atoms with Gasteiger partial charge < -0.3 is 9.88 Å². The second-order valence-corrected chi connectivity index (χ2v) is 6.01. The summed E-state index contributed by atoms with van der Waals surface area (Å²) in [4.78, 5) is 12.5. The number of aryl methyl sites for hydroxylation is 1. The number of benzene rings is 1. The maximum absolute atomic E-state index is 13.3. The van der Waals surface area contributed by atoms with E-state index in [1.807, 2.05) is 18.5 Å². The van der Waals surface area contributed by atoms with Crippen molar-refractivity contribution < 1.29 is 9.18 Å². The van der Waals surface area contributed by atoms with Crippen LogP contribution in [-0.2, 0) is 7.05 Å². The summed E-state index contributed by atoms with van der Waals surface area (Å²) in [7, 11) is 1.83. The van der Waals surface area contributed by atoms with Gasteiger partial charge in [0.1, 0.15) is 11.5 Å². The molecule has 0 saturated carbocycles. The monoisotopic (exact) mass is 300 g/mol. The molecule has 3 nitrogen and oxygen atoms in total. The van der Waals surface area contributed by atoms with Gasteiger partial charge in [-0.15, -0.1) is 0 Å². The largest absolute Gasteiger partial charge is 0.345 e. The van der Waals surface area contributed by atoms with Gasteiger partial charge in [-0.25, -0.2) is 4.39 Å². The van der Waals surface area contributed by atoms with Crippen LogP contribution in [0.3, 0.4) is 0 Å². The fourth-order valence-electron chi connectivity index (χ4n) is 3.16. The summed E-state index contributed by atoms with van der Waals surface area (Å²) < 4.78 is 15.1. The van der Waals surface area contributed by atoms with E-state index >= 15 is 0 Å². The summed E-state index contributed by atoms with van der Waals surface area (Å²) in [5, 5.41) is 3.81. The predicted octanol–water partition coefficient (Wildman–Crippen LogP) is 3.94. The van der Waals surface area contributed by atoms with Gasteiger partial charge in [-0.2, -0.15) is 0 Å². The minimum absolute atomic E-state index is 0.0440. The molecular formula is C18H21FN2O. The zero-order valence-corrected chi connectivity index (χ0v) is 13.0. The normalized spacial score (nSPS) is 16.4. The number of nitrogens with one attached hydrogen (secondary N) is 1. The lowest BCUT2D eigenvalue weighted by Crippen LogP contribution is -2.35. The Kier molecular flexibility index (Phi) is 4.01. The number of amides is 1. The van der Waals surface area contributed by atoms with Gasteiger partial charge in [0.15, 0.2) is 0 Å². The molecule has 0 spiro atoms. The summed E-state index contributed by atoms with van der Waals surface area (Å²) in [5.74, 6) is -0.399. The summed E-state index contributed by atoms with van der Waals surface area (Å²) in [6.07, 6.45) is 6.83. The molecule has 0 radical (unpaired) electrons. The first-order valence-corrected chi connectivity index (χ1v) is 7.81. The molecule has 1 amide bonds. The van der Waals surface area contributed by atoms with Crippen molar-refractivity contribution in [2.45, 2.75) is 38.6 Å². The molecule has 2 aromatic rings. The summed E-state index contributed by atoms with van der Waals surface area (Å²) >= 11 is 0. The number of carbonyl (C=O) groups is 1. The summed E-state index contributed by atoms with van der Waals surface area (Å²) in [5.41, 5.74) is 2.73. The van der Waals surface area contributed by atoms with Crippen molar-refractivity contribution >= 4 is 16.8 Å². The van der Waals surface area contributed by atoms with E-state index in [9.17, 15) is 9.18 Å². The van der Waals surface area contributed by atoms with E-state index in [1.165, 1.54) is 30.5 Å². The van der Waals surface area contributed by atoms with E-state index in [-0.39, 0.29) is 17.8 Å². The van der Waals surface area contributed by atoms with Crippen LogP contribution in [0.1, 0.15) is 43.1 Å². The number of nitrogens with zero attached hydrogens (tertiary/aromatic N) is 1. The second-order valence-electron chi connectivity index (χ2n) is 6.01. The van der Waals surface area contributed by atoms with Crippen LogP contribution in [0.15, 0.2) is 35.9 Å². The van der Waals surface area contributed by atoms with Crippen LogP contribution in [0, 0.1) is 5.82 Å². The van der Waals surface area contributed by atoms with Crippen molar-refractivity contribution in [1.82, 2.24) is 9.88 Å². The quantitative estimate of drug-likeness (QED) is 0.856. The molecule has 1 aromatic heterocycles. The molecule has 1 aliphatic rings. The van der Waals surface area contributed by atoms with Crippen molar-refractivity contribution in [2.75, 3.05) is 0 Å². The number of hydrogen-bond acceptors (Lipinski definition) is 1. The van der Waals surface area contributed by atoms with Gasteiger partial charge in [0.25, 0.3) is 5.91 Å². The van der Waals surface area contributed by atoms with E-state index in [4.69, 9.17) is 0 Å². The van der Waals surface area contributed by atoms with Crippen LogP contribution in [0.4, 0.5) is 4.39 Å². The lowest BCUT2D eigenvalue weighted by Gasteiger charge is -2.21. The zero-order valence-electron chi connectivity index (χ0n) is 13.0. The van der Waals surface area contributed by atoms with Crippen molar-refractivity contribution in [3.05, 3.63) is 47.4 Å². The van der Waals surface area contributed by atoms with E-state index in [0.717, 1.165) is 23.7 Å². The Morgan fingerprint density at radius 3 is 2.86 bits per heavy atom. The molecule has 1 atom stereocenters. The third kappa shape index (κ3) is 2.78. The van der Waals surface area contributed by atoms with E-state index in [0.29, 0.717) is 5.69 Å². The van der Waals surface area contributed by atoms with Gasteiger partial charge in [-0.3, -0.25) is 4.79 Å². The number of hydrogen-bond donors (Lipinski definition) is 1. The van der Waals surface area contributed by atoms with Crippen molar-refractivity contribution in [3.63, 3.8) is 0 Å². The molecule has 0 bridgehead atoms. The Balaban J connectivity index is 1.83. The third-order valence-corrected chi connectivity index (χ3v) is 4.47. The number of aromatic nitrogens is 1. The topological polar surface area (TPSA) is 34.0 Å². The highest BCUT2D eigenvalue weighted by Crippen LogP contribution is 2.22. The Hall–Kier alpha value is -2.10. The average Bonchev–Trinajstić information content (AvgIpc) is 2.84. The second kappa shape index (κ2) is 5.95. The first-order chi connectivity index (χ1) is 10.6. The molecule has 0 aliphatic heterocycles. The van der Waals surface area contributed by atoms with Gasteiger partial charge in [0, 0.05) is 24.0 Å². The fraction of sp³-hybridized carbons (Fsp3) is 0.389. The number of carbonyl (C=O) groups excluding carboxylic acids is 1. The van der Waals surface area contributed by atoms with Crippen LogP contribution >= 0.6 is 0 Å². The zero-order chi connectivity index (χ0) is 15.7. The average molecular weight is 300 g/mol. The van der Waals surface area contributed by atoms with Crippen LogP contribution in [0.25, 0.3) is 10.9 Å². The smallest absolute Gasteiger partial charge is 0.268 e. The molecule has 0 fully saturated rings. The van der Waals surface area contributed by atoms with E-state index < -0.39 is 0 Å². The Morgan fingerprint density at radius 2 is 2.14 bits per heavy atom. The lowest BCUT2D eigenvalue weighted by atomic mass is 9.95. The highest BCUT2D eigenvalue weighted by Gasteiger charge is 2.18. The van der Waals surface area contributed by atoms with Gasteiger partial charge in [0.05, 0.1) is 0 Å². The van der Waals surface area contributed by atoms with Crippen molar-refractivity contribution in [1.29, 1.82) is 0 Å². The summed E-state index contributed by atoms with van der Waals surface area (Å²) in [6.45, 7) is 2.03. The van der Waals surface area contributed by atoms with Crippen LogP contribution in [0.5, 0.6) is 0 Å². The molecule has 116 valence electrons. The Labute approximate surface area is 129 Å². The predicted molar refractivity (Wildman–Crippen MR) is 86.4 cm³/mol. The molecule has 1 N–H and O–H groups in total. The molecule has 1 heterocycles. The number of rotatable bonds is 3. The number of allylic oxidation sites excluding steroid dienone is 1. The Bertz CT molecular complexity index is 745. The highest BCUT2D eigenvalue weighted by atomic mass is 19.1. The van der Waals surface area contributed by atoms with Gasteiger partial charge in [-0.05, 0) is 56.9 Å². The molecule has 3 rings (SSSR count). The molecule has 22 heavy (non-hydrogen) atoms. The SMILES string of the molecule is C[C@@H](NC(=O)c1cc2cc(F)ccc2n1C)C1=CCCCC1. The lowest BCUT2D eigenvalue weighted by molar-refractivity contribution is 0.0937. The maximum Gasteiger partial charge on any atom is 0.268 e. The Morgan fingerprint density at radius 1 is 1.32 bits per heavy atom. The van der Waals surface area contributed by atoms with Gasteiger partial charge in [0.2, 0.25) is 0 Å². The maximum atomic E-state index is 13.3. The molecule has 0 unspecified atom stereocenters. The van der Waals surface area contributed by atoms with E-state index in [2.05, 4.69) is 11.4 Å². The minimum atomic E-state index is -0.286. The molecule has 1 aromatic carbocycles. The van der Waals surface area contributed by atoms with Crippen LogP contribution < -0.4 is 5.32 Å². The first-order valence-electron chi connectivity index (χ1n) is 7.81. The molecule has 0 saturated heterocycles. The number of halogens is 1. The standard InChI is InChI=1S/C18H21FN2O/c1-12(13-6-4-3-5-7-13)20-18(22)17-11-14-10-15(19)8-9-16(14)21(17)2/h6,8-12H,3-5,7H2,1-2H3,(H,20,22)/t12-/m1/s1. The van der Waals surface area contributed by atoms with Crippen molar-refractivity contribution in [2.24, 2.45) is 7.05 Å². The van der Waals surface area contributed by atoms with Gasteiger partial charge >= 0.3 is 0 Å². The van der Waals surface area contributed by atoms with Crippen molar-refractivity contribution in [3.8, 4) is 0 Å². The van der Waals surface area contributed by atoms with Crippen LogP contribution in [0.2, 0.25) is 0 Å². The molecular weight excluding hydrogens is 279 g/mol. The molecule has 4 heteroatoms. The van der Waals surface area contributed by atoms with E-state index in [1.54, 1.807) is 12.1 Å². The molecule has 1 aliphatic carbocycles. The van der Waals surface area contributed by atoms with Gasteiger partial charge in [-0.1, -0.05) is 11.6 Å². The fourth-order valence-corrected chi connectivity index (χ4v) is 3.16. The van der Waals surface area contributed by atoms with Crippen LogP contribution in [-0.4, -0.2) is 16.5 Å². The summed E-state index contributed by atoms with van der Waals surface area (Å²) in [6, 6.07) is 6.37. The minimum Gasteiger partial charge on any atom is -0.345 e. The third-order valence-electron chi connectivity index (χ3n) is 4.47. The first kappa shape index (κ1) is 14.8. The highest BCUT2D eigenvalue weighted by molar-refractivity contribution is 5.99. The number of fused-ring (bicyclic) bond motifs is 1.